The fourth-order valence-electron chi connectivity index (χ4n) is 0.372. The third-order valence-corrected chi connectivity index (χ3v) is 0.894. The molecule has 0 heterocycles. The van der Waals surface area contributed by atoms with Crippen LogP contribution in [0.15, 0.2) is 0 Å². The molecule has 0 amide bonds. The van der Waals surface area contributed by atoms with Crippen LogP contribution >= 0.6 is 0 Å². The number of aliphatic hydroxyl groups is 1. The molecule has 0 radical (unpaired) electrons. The van der Waals surface area contributed by atoms with E-state index >= 15 is 0 Å². The van der Waals surface area contributed by atoms with Gasteiger partial charge in [-0.2, -0.15) is 0 Å². The molecule has 0 aliphatic carbocycles. The van der Waals surface area contributed by atoms with Crippen LogP contribution in [0.2, 0.25) is 0 Å². The predicted molar refractivity (Wildman–Crippen MR) is 25.3 cm³/mol. The van der Waals surface area contributed by atoms with Crippen LogP contribution in [0.1, 0.15) is 12.8 Å². The van der Waals surface area contributed by atoms with E-state index in [1.165, 1.54) is 0 Å². The number of aliphatic hydroxyl groups excluding tert-OH is 1. The van der Waals surface area contributed by atoms with Crippen LogP contribution in [0.25, 0.3) is 0 Å². The zero-order chi connectivity index (χ0) is 8.15. The molecule has 0 saturated carbocycles. The first-order valence-electron chi connectivity index (χ1n) is 2.63. The molecule has 0 aromatic carbocycles. The quantitative estimate of drug-likeness (QED) is 0.422. The van der Waals surface area contributed by atoms with Gasteiger partial charge in [0.1, 0.15) is 0 Å². The first kappa shape index (κ1) is 13.5. The number of carbonyl (C=O) groups excluding carboxylic acids is 2. The first-order chi connectivity index (χ1) is 4.54. The second-order valence-electron chi connectivity index (χ2n) is 1.75. The molecule has 0 rings (SSSR count). The molecule has 1 unspecified atom stereocenters. The van der Waals surface area contributed by atoms with Gasteiger partial charge in [0.15, 0.2) is 0 Å². The van der Waals surface area contributed by atoms with E-state index in [0.717, 1.165) is 0 Å². The van der Waals surface area contributed by atoms with Crippen LogP contribution in [0, 0.1) is 0 Å². The van der Waals surface area contributed by atoms with E-state index in [0.29, 0.717) is 0 Å². The summed E-state index contributed by atoms with van der Waals surface area (Å²) in [5.74, 6) is -3.05. The van der Waals surface area contributed by atoms with E-state index in [2.05, 4.69) is 0 Å². The van der Waals surface area contributed by atoms with Gasteiger partial charge in [0, 0.05) is 5.97 Å². The summed E-state index contributed by atoms with van der Waals surface area (Å²) in [7, 11) is 0. The van der Waals surface area contributed by atoms with E-state index in [1.54, 1.807) is 0 Å². The Bertz CT molecular complexity index is 146. The van der Waals surface area contributed by atoms with Gasteiger partial charge < -0.3 is 24.9 Å². The van der Waals surface area contributed by atoms with Crippen molar-refractivity contribution >= 4 is 11.9 Å². The number of aliphatic carboxylic acids is 2. The van der Waals surface area contributed by atoms with E-state index in [-0.39, 0.29) is 36.0 Å². The van der Waals surface area contributed by atoms with Gasteiger partial charge in [-0.05, 0) is 12.8 Å². The molecule has 1 atom stereocenters. The second kappa shape index (κ2) is 6.60. The minimum absolute atomic E-state index is 0. The van der Waals surface area contributed by atoms with Gasteiger partial charge in [-0.15, -0.1) is 0 Å². The second-order valence-corrected chi connectivity index (χ2v) is 1.75. The number of carbonyl (C=O) groups is 2. The van der Waals surface area contributed by atoms with Crippen LogP contribution in [0.4, 0.5) is 0 Å². The smallest absolute Gasteiger partial charge is 0.550 e. The molecule has 1 N–H and O–H groups in total. The Kier molecular flexibility index (Phi) is 8.09. The molecule has 0 aliphatic heterocycles. The number of carboxylic acids is 2. The minimum atomic E-state index is -1.71. The summed E-state index contributed by atoms with van der Waals surface area (Å²) in [5, 5.41) is 27.9. The Morgan fingerprint density at radius 3 is 2.09 bits per heavy atom. The van der Waals surface area contributed by atoms with Crippen molar-refractivity contribution in [1.82, 2.24) is 0 Å². The molecule has 0 fully saturated rings. The van der Waals surface area contributed by atoms with Crippen molar-refractivity contribution < 1.29 is 54.5 Å². The fraction of sp³-hybridized carbons (Fsp3) is 0.600. The van der Waals surface area contributed by atoms with Gasteiger partial charge in [0.25, 0.3) is 0 Å². The van der Waals surface area contributed by atoms with Crippen LogP contribution in [0.3, 0.4) is 0 Å². The summed E-state index contributed by atoms with van der Waals surface area (Å²) >= 11 is 0. The van der Waals surface area contributed by atoms with Crippen molar-refractivity contribution in [2.24, 2.45) is 0 Å². The van der Waals surface area contributed by atoms with E-state index in [4.69, 9.17) is 5.11 Å². The number of rotatable bonds is 4. The van der Waals surface area contributed by atoms with Gasteiger partial charge in [0.2, 0.25) is 0 Å². The molecule has 0 aromatic heterocycles. The van der Waals surface area contributed by atoms with Crippen LogP contribution < -0.4 is 39.8 Å². The third-order valence-electron chi connectivity index (χ3n) is 0.894. The van der Waals surface area contributed by atoms with Gasteiger partial charge >= 0.3 is 29.6 Å². The van der Waals surface area contributed by atoms with E-state index in [9.17, 15) is 19.8 Å². The van der Waals surface area contributed by atoms with Crippen molar-refractivity contribution in [3.8, 4) is 0 Å². The minimum Gasteiger partial charge on any atom is -0.550 e. The normalized spacial score (nSPS) is 11.4. The topological polar surface area (TPSA) is 100 Å². The molecule has 0 aliphatic rings. The largest absolute Gasteiger partial charge is 1.00 e. The van der Waals surface area contributed by atoms with Crippen molar-refractivity contribution in [3.05, 3.63) is 0 Å². The number of carboxylic acid groups (broad SMARTS) is 2. The van der Waals surface area contributed by atoms with Gasteiger partial charge in [-0.1, -0.05) is 0 Å². The summed E-state index contributed by atoms with van der Waals surface area (Å²) in [5.41, 5.74) is 0. The molecule has 6 heteroatoms. The maximum absolute atomic E-state index is 9.74. The van der Waals surface area contributed by atoms with E-state index in [1.807, 2.05) is 0 Å². The summed E-state index contributed by atoms with van der Waals surface area (Å²) in [6.45, 7) is 0. The zero-order valence-corrected chi connectivity index (χ0v) is 8.07. The fourth-order valence-corrected chi connectivity index (χ4v) is 0.372. The molecule has 0 bridgehead atoms. The molecule has 5 nitrogen and oxygen atoms in total. The molecule has 0 saturated heterocycles. The van der Waals surface area contributed by atoms with Crippen molar-refractivity contribution in [2.45, 2.75) is 18.9 Å². The monoisotopic (exact) mass is 169 g/mol. The standard InChI is InChI=1S/C5H8O5.Na/c6-3(5(9)10)1-2-4(7)8;/h3,6H,1-2H2,(H,7,8)(H,9,10);/q;+1/p-2. The van der Waals surface area contributed by atoms with Crippen LogP contribution in [-0.4, -0.2) is 23.1 Å². The maximum atomic E-state index is 9.74. The molecular weight excluding hydrogens is 163 g/mol. The number of hydrogen-bond acceptors (Lipinski definition) is 5. The van der Waals surface area contributed by atoms with Gasteiger partial charge in [-0.3, -0.25) is 0 Å². The SMILES string of the molecule is O=C([O-])CCC(O)C(=O)[O-].[Na+]. The number of hydrogen-bond donors (Lipinski definition) is 1. The zero-order valence-electron chi connectivity index (χ0n) is 6.07. The average molecular weight is 169 g/mol. The Morgan fingerprint density at radius 1 is 1.36 bits per heavy atom. The Labute approximate surface area is 85.3 Å². The first-order valence-corrected chi connectivity index (χ1v) is 2.63. The predicted octanol–water partition coefficient (Wildman–Crippen LogP) is -6.37. The molecule has 0 aromatic rings. The van der Waals surface area contributed by atoms with Crippen molar-refractivity contribution in [2.75, 3.05) is 0 Å². The summed E-state index contributed by atoms with van der Waals surface area (Å²) < 4.78 is 0. The maximum Gasteiger partial charge on any atom is 1.00 e. The molecule has 0 spiro atoms. The Hall–Kier alpha value is -0.100. The Balaban J connectivity index is 0. The van der Waals surface area contributed by atoms with Crippen molar-refractivity contribution in [3.63, 3.8) is 0 Å². The van der Waals surface area contributed by atoms with Gasteiger partial charge in [-0.25, -0.2) is 0 Å². The molecule has 11 heavy (non-hydrogen) atoms. The molecular formula is C5H6NaO5-. The Morgan fingerprint density at radius 2 is 1.82 bits per heavy atom. The summed E-state index contributed by atoms with van der Waals surface area (Å²) in [4.78, 5) is 19.4. The summed E-state index contributed by atoms with van der Waals surface area (Å²) in [6.07, 6.45) is -2.56. The summed E-state index contributed by atoms with van der Waals surface area (Å²) in [6, 6.07) is 0. The third kappa shape index (κ3) is 7.80. The van der Waals surface area contributed by atoms with Crippen LogP contribution in [-0.2, 0) is 9.59 Å². The van der Waals surface area contributed by atoms with Gasteiger partial charge in [0.05, 0.1) is 12.1 Å². The molecule has 58 valence electrons. The van der Waals surface area contributed by atoms with Crippen molar-refractivity contribution in [1.29, 1.82) is 0 Å². The van der Waals surface area contributed by atoms with Crippen LogP contribution in [0.5, 0.6) is 0 Å². The van der Waals surface area contributed by atoms with E-state index < -0.39 is 24.5 Å². The average Bonchev–Trinajstić information content (AvgIpc) is 1.82.